The molecule has 19 heavy (non-hydrogen) atoms. The van der Waals surface area contributed by atoms with Gasteiger partial charge in [0.25, 0.3) is 0 Å². The van der Waals surface area contributed by atoms with Gasteiger partial charge in [-0.25, -0.2) is 4.79 Å². The maximum atomic E-state index is 11.2. The number of carbonyl (C=O) groups is 1. The lowest BCUT2D eigenvalue weighted by atomic mass is 10.1. The van der Waals surface area contributed by atoms with Gasteiger partial charge < -0.3 is 10.4 Å². The molecule has 1 saturated carbocycles. The summed E-state index contributed by atoms with van der Waals surface area (Å²) in [4.78, 5) is 13.7. The van der Waals surface area contributed by atoms with E-state index in [1.54, 1.807) is 12.1 Å². The van der Waals surface area contributed by atoms with Gasteiger partial charge in [0.1, 0.15) is 0 Å². The van der Waals surface area contributed by atoms with E-state index in [4.69, 9.17) is 0 Å². The smallest absolute Gasteiger partial charge is 0.337 e. The monoisotopic (exact) mass is 324 g/mol. The standard InChI is InChI=1S/C14H17BrN2O2/c15-9-1-4-12(14(18)19)13(7-9)16-10-5-6-17(8-10)11-2-3-11/h1,4,7,10-11,16H,2-3,5-6,8H2,(H,18,19). The lowest BCUT2D eigenvalue weighted by Gasteiger charge is -2.18. The Hall–Kier alpha value is -1.07. The summed E-state index contributed by atoms with van der Waals surface area (Å²) in [6.45, 7) is 2.15. The summed E-state index contributed by atoms with van der Waals surface area (Å²) in [5.74, 6) is -0.882. The fraction of sp³-hybridized carbons (Fsp3) is 0.500. The maximum absolute atomic E-state index is 11.2. The number of likely N-dealkylation sites (tertiary alicyclic amines) is 1. The van der Waals surface area contributed by atoms with E-state index in [0.29, 0.717) is 17.3 Å². The Bertz CT molecular complexity index is 502. The molecule has 4 nitrogen and oxygen atoms in total. The first-order valence-corrected chi connectivity index (χ1v) is 7.46. The van der Waals surface area contributed by atoms with Crippen molar-refractivity contribution < 1.29 is 9.90 Å². The molecule has 2 N–H and O–H groups in total. The molecule has 1 aromatic carbocycles. The predicted molar refractivity (Wildman–Crippen MR) is 77.7 cm³/mol. The Morgan fingerprint density at radius 3 is 2.84 bits per heavy atom. The van der Waals surface area contributed by atoms with Gasteiger partial charge >= 0.3 is 5.97 Å². The minimum atomic E-state index is -0.882. The van der Waals surface area contributed by atoms with Gasteiger partial charge in [-0.15, -0.1) is 0 Å². The van der Waals surface area contributed by atoms with Gasteiger partial charge in [0, 0.05) is 29.6 Å². The minimum absolute atomic E-state index is 0.341. The Balaban J connectivity index is 1.72. The molecule has 1 atom stereocenters. The van der Waals surface area contributed by atoms with E-state index in [0.717, 1.165) is 30.0 Å². The first-order chi connectivity index (χ1) is 9.13. The van der Waals surface area contributed by atoms with E-state index in [2.05, 4.69) is 26.1 Å². The van der Waals surface area contributed by atoms with Crippen LogP contribution in [0.3, 0.4) is 0 Å². The van der Waals surface area contributed by atoms with E-state index in [-0.39, 0.29) is 0 Å². The van der Waals surface area contributed by atoms with Crippen LogP contribution in [0.5, 0.6) is 0 Å². The van der Waals surface area contributed by atoms with Crippen molar-refractivity contribution in [3.05, 3.63) is 28.2 Å². The Morgan fingerprint density at radius 2 is 2.16 bits per heavy atom. The molecule has 1 aliphatic heterocycles. The van der Waals surface area contributed by atoms with Crippen LogP contribution in [0.1, 0.15) is 29.6 Å². The first kappa shape index (κ1) is 12.9. The van der Waals surface area contributed by atoms with E-state index < -0.39 is 5.97 Å². The fourth-order valence-electron chi connectivity index (χ4n) is 2.72. The quantitative estimate of drug-likeness (QED) is 0.894. The lowest BCUT2D eigenvalue weighted by Crippen LogP contribution is -2.28. The molecular weight excluding hydrogens is 308 g/mol. The highest BCUT2D eigenvalue weighted by molar-refractivity contribution is 9.10. The number of nitrogens with one attached hydrogen (secondary N) is 1. The molecule has 0 amide bonds. The van der Waals surface area contributed by atoms with Gasteiger partial charge in [0.2, 0.25) is 0 Å². The van der Waals surface area contributed by atoms with E-state index in [1.807, 2.05) is 6.07 Å². The third-order valence-corrected chi connectivity index (χ3v) is 4.35. The normalized spacial score (nSPS) is 23.5. The van der Waals surface area contributed by atoms with Crippen molar-refractivity contribution in [1.82, 2.24) is 4.90 Å². The number of aromatic carboxylic acids is 1. The Labute approximate surface area is 120 Å². The van der Waals surface area contributed by atoms with Crippen molar-refractivity contribution in [3.63, 3.8) is 0 Å². The third kappa shape index (κ3) is 2.92. The molecule has 3 rings (SSSR count). The van der Waals surface area contributed by atoms with Crippen molar-refractivity contribution >= 4 is 27.6 Å². The molecule has 2 aliphatic rings. The SMILES string of the molecule is O=C(O)c1ccc(Br)cc1NC1CCN(C2CC2)C1. The van der Waals surface area contributed by atoms with Crippen LogP contribution in [-0.4, -0.2) is 41.1 Å². The summed E-state index contributed by atoms with van der Waals surface area (Å²) in [7, 11) is 0. The van der Waals surface area contributed by atoms with Gasteiger partial charge in [0.05, 0.1) is 11.3 Å². The number of rotatable bonds is 4. The summed E-state index contributed by atoms with van der Waals surface area (Å²) in [5.41, 5.74) is 1.05. The van der Waals surface area contributed by atoms with Gasteiger partial charge in [-0.05, 0) is 37.5 Å². The predicted octanol–water partition coefficient (Wildman–Crippen LogP) is 2.80. The zero-order valence-electron chi connectivity index (χ0n) is 10.6. The largest absolute Gasteiger partial charge is 0.478 e. The van der Waals surface area contributed by atoms with Crippen molar-refractivity contribution in [2.24, 2.45) is 0 Å². The van der Waals surface area contributed by atoms with Gasteiger partial charge in [-0.3, -0.25) is 4.90 Å². The Kier molecular flexibility index (Phi) is 3.50. The number of anilines is 1. The zero-order valence-corrected chi connectivity index (χ0v) is 12.2. The molecule has 102 valence electrons. The Morgan fingerprint density at radius 1 is 1.37 bits per heavy atom. The average Bonchev–Trinajstić information content (AvgIpc) is 3.10. The van der Waals surface area contributed by atoms with Gasteiger partial charge in [0.15, 0.2) is 0 Å². The average molecular weight is 325 g/mol. The van der Waals surface area contributed by atoms with Crippen LogP contribution in [0.4, 0.5) is 5.69 Å². The van der Waals surface area contributed by atoms with Crippen LogP contribution in [0.25, 0.3) is 0 Å². The number of carboxylic acid groups (broad SMARTS) is 1. The number of hydrogen-bond acceptors (Lipinski definition) is 3. The van der Waals surface area contributed by atoms with E-state index in [1.165, 1.54) is 12.8 Å². The summed E-state index contributed by atoms with van der Waals surface area (Å²) in [6, 6.07) is 6.40. The summed E-state index contributed by atoms with van der Waals surface area (Å²) >= 11 is 3.40. The van der Waals surface area contributed by atoms with E-state index >= 15 is 0 Å². The lowest BCUT2D eigenvalue weighted by molar-refractivity contribution is 0.0698. The molecule has 0 spiro atoms. The van der Waals surface area contributed by atoms with Crippen molar-refractivity contribution in [3.8, 4) is 0 Å². The zero-order chi connectivity index (χ0) is 13.4. The second-order valence-electron chi connectivity index (χ2n) is 5.35. The van der Waals surface area contributed by atoms with Gasteiger partial charge in [-0.2, -0.15) is 0 Å². The fourth-order valence-corrected chi connectivity index (χ4v) is 3.08. The summed E-state index contributed by atoms with van der Waals surface area (Å²) < 4.78 is 0.900. The minimum Gasteiger partial charge on any atom is -0.478 e. The molecule has 0 bridgehead atoms. The van der Waals surface area contributed by atoms with Crippen LogP contribution in [0.2, 0.25) is 0 Å². The topological polar surface area (TPSA) is 52.6 Å². The molecule has 1 saturated heterocycles. The van der Waals surface area contributed by atoms with Crippen LogP contribution >= 0.6 is 15.9 Å². The maximum Gasteiger partial charge on any atom is 0.337 e. The number of benzene rings is 1. The third-order valence-electron chi connectivity index (χ3n) is 3.85. The van der Waals surface area contributed by atoms with Crippen LogP contribution in [0.15, 0.2) is 22.7 Å². The highest BCUT2D eigenvalue weighted by Crippen LogP contribution is 2.31. The molecule has 5 heteroatoms. The highest BCUT2D eigenvalue weighted by atomic mass is 79.9. The molecule has 0 radical (unpaired) electrons. The van der Waals surface area contributed by atoms with Crippen molar-refractivity contribution in [1.29, 1.82) is 0 Å². The van der Waals surface area contributed by atoms with Crippen LogP contribution < -0.4 is 5.32 Å². The molecular formula is C14H17BrN2O2. The number of carboxylic acids is 1. The van der Waals surface area contributed by atoms with Crippen molar-refractivity contribution in [2.75, 3.05) is 18.4 Å². The second-order valence-corrected chi connectivity index (χ2v) is 6.27. The molecule has 1 unspecified atom stereocenters. The first-order valence-electron chi connectivity index (χ1n) is 6.67. The number of halogens is 1. The second kappa shape index (κ2) is 5.13. The molecule has 1 aromatic rings. The van der Waals surface area contributed by atoms with Crippen LogP contribution in [-0.2, 0) is 0 Å². The molecule has 0 aromatic heterocycles. The summed E-state index contributed by atoms with van der Waals surface area (Å²) in [6.07, 6.45) is 3.73. The summed E-state index contributed by atoms with van der Waals surface area (Å²) in [5, 5.41) is 12.6. The molecule has 2 fully saturated rings. The molecule has 1 aliphatic carbocycles. The van der Waals surface area contributed by atoms with Gasteiger partial charge in [-0.1, -0.05) is 15.9 Å². The highest BCUT2D eigenvalue weighted by Gasteiger charge is 2.34. The number of nitrogens with zero attached hydrogens (tertiary/aromatic N) is 1. The van der Waals surface area contributed by atoms with Crippen LogP contribution in [0, 0.1) is 0 Å². The number of hydrogen-bond donors (Lipinski definition) is 2. The van der Waals surface area contributed by atoms with Crippen molar-refractivity contribution in [2.45, 2.75) is 31.3 Å². The van der Waals surface area contributed by atoms with E-state index in [9.17, 15) is 9.90 Å². The molecule has 1 heterocycles.